The van der Waals surface area contributed by atoms with Gasteiger partial charge in [-0.25, -0.2) is 4.79 Å². The second-order valence-electron chi connectivity index (χ2n) is 5.93. The van der Waals surface area contributed by atoms with Crippen LogP contribution in [0.3, 0.4) is 0 Å². The quantitative estimate of drug-likeness (QED) is 0.741. The first kappa shape index (κ1) is 17.4. The van der Waals surface area contributed by atoms with Gasteiger partial charge in [-0.3, -0.25) is 9.58 Å². The molecule has 25 heavy (non-hydrogen) atoms. The van der Waals surface area contributed by atoms with Crippen LogP contribution in [0, 0.1) is 0 Å². The van der Waals surface area contributed by atoms with Crippen molar-refractivity contribution in [1.82, 2.24) is 14.7 Å². The maximum absolute atomic E-state index is 12.1. The molecule has 3 rings (SSSR count). The Hall–Kier alpha value is -2.38. The minimum Gasteiger partial charge on any atom is -0.496 e. The number of methoxy groups -OCH3 is 2. The number of carbonyl (C=O) groups is 1. The first-order valence-corrected chi connectivity index (χ1v) is 8.27. The minimum atomic E-state index is -0.352. The SMILES string of the molecule is COC(=O)c1cccc(OC)c1CN1CCO[C@H](Cn2cccn2)C1. The highest BCUT2D eigenvalue weighted by Crippen LogP contribution is 2.25. The number of esters is 1. The van der Waals surface area contributed by atoms with Crippen LogP contribution in [0.25, 0.3) is 0 Å². The summed E-state index contributed by atoms with van der Waals surface area (Å²) in [6, 6.07) is 7.33. The molecule has 1 aromatic carbocycles. The standard InChI is InChI=1S/C18H23N3O4/c1-23-17-6-3-5-15(18(22)24-2)16(17)13-20-9-10-25-14(11-20)12-21-8-4-7-19-21/h3-8,14H,9-13H2,1-2H3/t14-/m0/s1. The Labute approximate surface area is 147 Å². The van der Waals surface area contributed by atoms with Gasteiger partial charge in [0.1, 0.15) is 5.75 Å². The lowest BCUT2D eigenvalue weighted by Gasteiger charge is -2.33. The normalized spacial score (nSPS) is 18.1. The van der Waals surface area contributed by atoms with Crippen LogP contribution in [0.15, 0.2) is 36.7 Å². The maximum Gasteiger partial charge on any atom is 0.338 e. The third kappa shape index (κ3) is 4.18. The third-order valence-corrected chi connectivity index (χ3v) is 4.31. The van der Waals surface area contributed by atoms with Crippen LogP contribution in [0.4, 0.5) is 0 Å². The van der Waals surface area contributed by atoms with Crippen molar-refractivity contribution in [2.24, 2.45) is 0 Å². The van der Waals surface area contributed by atoms with E-state index in [4.69, 9.17) is 14.2 Å². The summed E-state index contributed by atoms with van der Waals surface area (Å²) < 4.78 is 18.1. The zero-order valence-corrected chi connectivity index (χ0v) is 14.6. The molecule has 0 unspecified atom stereocenters. The fraction of sp³-hybridized carbons (Fsp3) is 0.444. The van der Waals surface area contributed by atoms with Crippen LogP contribution in [0.1, 0.15) is 15.9 Å². The van der Waals surface area contributed by atoms with E-state index >= 15 is 0 Å². The molecule has 0 N–H and O–H groups in total. The van der Waals surface area contributed by atoms with E-state index in [1.807, 2.05) is 23.0 Å². The number of hydrogen-bond donors (Lipinski definition) is 0. The number of morpholine rings is 1. The molecule has 0 aliphatic carbocycles. The molecule has 0 radical (unpaired) electrons. The van der Waals surface area contributed by atoms with Gasteiger partial charge >= 0.3 is 5.97 Å². The smallest absolute Gasteiger partial charge is 0.338 e. The van der Waals surface area contributed by atoms with Crippen LogP contribution in [0.5, 0.6) is 5.75 Å². The van der Waals surface area contributed by atoms with E-state index in [0.29, 0.717) is 31.0 Å². The largest absolute Gasteiger partial charge is 0.496 e. The van der Waals surface area contributed by atoms with Gasteiger partial charge in [-0.15, -0.1) is 0 Å². The molecule has 1 atom stereocenters. The van der Waals surface area contributed by atoms with E-state index in [2.05, 4.69) is 10.00 Å². The van der Waals surface area contributed by atoms with Gasteiger partial charge in [0.15, 0.2) is 0 Å². The highest BCUT2D eigenvalue weighted by atomic mass is 16.5. The van der Waals surface area contributed by atoms with Crippen LogP contribution >= 0.6 is 0 Å². The highest BCUT2D eigenvalue weighted by molar-refractivity contribution is 5.91. The van der Waals surface area contributed by atoms with Gasteiger partial charge in [-0.1, -0.05) is 6.07 Å². The van der Waals surface area contributed by atoms with Crippen LogP contribution in [-0.2, 0) is 22.6 Å². The van der Waals surface area contributed by atoms with Crippen molar-refractivity contribution in [3.8, 4) is 5.75 Å². The third-order valence-electron chi connectivity index (χ3n) is 4.31. The van der Waals surface area contributed by atoms with E-state index in [1.165, 1.54) is 7.11 Å². The second-order valence-corrected chi connectivity index (χ2v) is 5.93. The fourth-order valence-corrected chi connectivity index (χ4v) is 3.10. The zero-order chi connectivity index (χ0) is 17.6. The molecule has 1 fully saturated rings. The van der Waals surface area contributed by atoms with Gasteiger partial charge in [0.2, 0.25) is 0 Å². The van der Waals surface area contributed by atoms with Crippen molar-refractivity contribution in [1.29, 1.82) is 0 Å². The Balaban J connectivity index is 1.73. The molecule has 0 saturated carbocycles. The molecule has 7 heteroatoms. The average Bonchev–Trinajstić information content (AvgIpc) is 3.14. The van der Waals surface area contributed by atoms with Gasteiger partial charge in [0.25, 0.3) is 0 Å². The summed E-state index contributed by atoms with van der Waals surface area (Å²) in [6.45, 7) is 3.52. The first-order chi connectivity index (χ1) is 12.2. The molecule has 1 saturated heterocycles. The second kappa shape index (κ2) is 8.13. The molecule has 1 aliphatic rings. The summed E-state index contributed by atoms with van der Waals surface area (Å²) in [6.07, 6.45) is 3.75. The van der Waals surface area contributed by atoms with Gasteiger partial charge < -0.3 is 14.2 Å². The van der Waals surface area contributed by atoms with Crippen molar-refractivity contribution in [3.63, 3.8) is 0 Å². The molecule has 1 aliphatic heterocycles. The average molecular weight is 345 g/mol. The number of ether oxygens (including phenoxy) is 3. The number of carbonyl (C=O) groups excluding carboxylic acids is 1. The maximum atomic E-state index is 12.1. The number of aromatic nitrogens is 2. The molecular formula is C18H23N3O4. The first-order valence-electron chi connectivity index (χ1n) is 8.27. The summed E-state index contributed by atoms with van der Waals surface area (Å²) in [5.74, 6) is 0.341. The van der Waals surface area contributed by atoms with Crippen molar-refractivity contribution in [3.05, 3.63) is 47.8 Å². The van der Waals surface area contributed by atoms with E-state index < -0.39 is 0 Å². The molecule has 0 amide bonds. The topological polar surface area (TPSA) is 65.8 Å². The van der Waals surface area contributed by atoms with Crippen LogP contribution in [0.2, 0.25) is 0 Å². The van der Waals surface area contributed by atoms with Crippen molar-refractivity contribution >= 4 is 5.97 Å². The highest BCUT2D eigenvalue weighted by Gasteiger charge is 2.24. The predicted molar refractivity (Wildman–Crippen MR) is 91.6 cm³/mol. The zero-order valence-electron chi connectivity index (χ0n) is 14.6. The van der Waals surface area contributed by atoms with E-state index in [0.717, 1.165) is 18.7 Å². The van der Waals surface area contributed by atoms with Crippen molar-refractivity contribution in [2.75, 3.05) is 33.9 Å². The van der Waals surface area contributed by atoms with Crippen molar-refractivity contribution < 1.29 is 19.0 Å². The Kier molecular flexibility index (Phi) is 5.67. The number of hydrogen-bond acceptors (Lipinski definition) is 6. The summed E-state index contributed by atoms with van der Waals surface area (Å²) in [7, 11) is 3.00. The molecular weight excluding hydrogens is 322 g/mol. The Morgan fingerprint density at radius 3 is 2.96 bits per heavy atom. The molecule has 7 nitrogen and oxygen atoms in total. The number of nitrogens with zero attached hydrogens (tertiary/aromatic N) is 3. The van der Waals surface area contributed by atoms with Crippen LogP contribution < -0.4 is 4.74 Å². The Bertz CT molecular complexity index is 702. The fourth-order valence-electron chi connectivity index (χ4n) is 3.10. The molecule has 0 bridgehead atoms. The van der Waals surface area contributed by atoms with Gasteiger partial charge in [0.05, 0.1) is 39.0 Å². The molecule has 1 aromatic heterocycles. The lowest BCUT2D eigenvalue weighted by molar-refractivity contribution is -0.0404. The number of benzene rings is 1. The Morgan fingerprint density at radius 1 is 1.36 bits per heavy atom. The summed E-state index contributed by atoms with van der Waals surface area (Å²) in [5, 5.41) is 4.23. The monoisotopic (exact) mass is 345 g/mol. The van der Waals surface area contributed by atoms with E-state index in [1.54, 1.807) is 25.4 Å². The predicted octanol–water partition coefficient (Wildman–Crippen LogP) is 1.58. The van der Waals surface area contributed by atoms with Crippen molar-refractivity contribution in [2.45, 2.75) is 19.2 Å². The van der Waals surface area contributed by atoms with Gasteiger partial charge in [-0.2, -0.15) is 5.10 Å². The number of rotatable bonds is 6. The van der Waals surface area contributed by atoms with E-state index in [9.17, 15) is 4.79 Å². The van der Waals surface area contributed by atoms with E-state index in [-0.39, 0.29) is 12.1 Å². The summed E-state index contributed by atoms with van der Waals surface area (Å²) in [5.41, 5.74) is 1.38. The van der Waals surface area contributed by atoms with Gasteiger partial charge in [0, 0.05) is 37.6 Å². The molecule has 0 spiro atoms. The summed E-state index contributed by atoms with van der Waals surface area (Å²) in [4.78, 5) is 14.4. The van der Waals surface area contributed by atoms with Gasteiger partial charge in [-0.05, 0) is 18.2 Å². The van der Waals surface area contributed by atoms with Crippen LogP contribution in [-0.4, -0.2) is 60.7 Å². The lowest BCUT2D eigenvalue weighted by Crippen LogP contribution is -2.44. The Morgan fingerprint density at radius 2 is 2.24 bits per heavy atom. The molecule has 2 heterocycles. The molecule has 2 aromatic rings. The molecule has 134 valence electrons. The summed E-state index contributed by atoms with van der Waals surface area (Å²) >= 11 is 0. The minimum absolute atomic E-state index is 0.0601. The lowest BCUT2D eigenvalue weighted by atomic mass is 10.0.